The van der Waals surface area contributed by atoms with Crippen LogP contribution in [0.2, 0.25) is 0 Å². The maximum atomic E-state index is 4.67. The molecule has 2 aromatic heterocycles. The number of nitrogens with zero attached hydrogens (tertiary/aromatic N) is 2. The molecule has 5 rings (SSSR count). The summed E-state index contributed by atoms with van der Waals surface area (Å²) in [5.74, 6) is 0.604. The maximum Gasteiger partial charge on any atom is 0.217 e. The lowest BCUT2D eigenvalue weighted by Crippen LogP contribution is -2.22. The van der Waals surface area contributed by atoms with E-state index in [1.165, 1.54) is 43.8 Å². The van der Waals surface area contributed by atoms with Gasteiger partial charge in [0.25, 0.3) is 0 Å². The predicted molar refractivity (Wildman–Crippen MR) is 146 cm³/mol. The molecular formula is C31H32N2S. The second kappa shape index (κ2) is 8.56. The SMILES string of the molecule is C=[n+]1ccc(=C2C=C[N-]c3scc(CC(C)C)c32)cc1-c1cc(C(C)(C)C)c2ccccc2c1. The second-order valence-corrected chi connectivity index (χ2v) is 11.5. The van der Waals surface area contributed by atoms with Crippen LogP contribution in [0.5, 0.6) is 0 Å². The number of benzene rings is 2. The zero-order chi connectivity index (χ0) is 24.0. The van der Waals surface area contributed by atoms with Crippen molar-refractivity contribution in [1.29, 1.82) is 0 Å². The third-order valence-corrected chi connectivity index (χ3v) is 7.43. The minimum atomic E-state index is 0.0406. The summed E-state index contributed by atoms with van der Waals surface area (Å²) in [7, 11) is 0. The third-order valence-electron chi connectivity index (χ3n) is 6.49. The molecule has 1 aliphatic heterocycles. The molecule has 0 spiro atoms. The van der Waals surface area contributed by atoms with Gasteiger partial charge in [-0.25, -0.2) is 0 Å². The molecule has 2 aromatic carbocycles. The molecule has 0 bridgehead atoms. The van der Waals surface area contributed by atoms with E-state index in [1.54, 1.807) is 11.3 Å². The van der Waals surface area contributed by atoms with Crippen LogP contribution in [0, 0.1) is 12.6 Å². The van der Waals surface area contributed by atoms with Crippen LogP contribution in [0.1, 0.15) is 51.3 Å². The van der Waals surface area contributed by atoms with Crippen LogP contribution in [0.15, 0.2) is 72.4 Å². The molecule has 34 heavy (non-hydrogen) atoms. The Morgan fingerprint density at radius 3 is 2.62 bits per heavy atom. The van der Waals surface area contributed by atoms with E-state index in [0.29, 0.717) is 5.92 Å². The fourth-order valence-electron chi connectivity index (χ4n) is 4.88. The Morgan fingerprint density at radius 2 is 1.85 bits per heavy atom. The average Bonchev–Trinajstić information content (AvgIpc) is 3.20. The van der Waals surface area contributed by atoms with Gasteiger partial charge in [0.1, 0.15) is 6.72 Å². The molecule has 0 amide bonds. The largest absolute Gasteiger partial charge is 0.655 e. The van der Waals surface area contributed by atoms with Crippen LogP contribution in [0.4, 0.5) is 5.00 Å². The first-order valence-corrected chi connectivity index (χ1v) is 12.9. The molecule has 0 saturated heterocycles. The normalized spacial score (nSPS) is 15.0. The lowest BCUT2D eigenvalue weighted by atomic mass is 9.82. The van der Waals surface area contributed by atoms with Gasteiger partial charge in [0.15, 0.2) is 6.20 Å². The molecule has 4 aromatic rings. The quantitative estimate of drug-likeness (QED) is 0.277. The second-order valence-electron chi connectivity index (χ2n) is 10.7. The molecule has 3 heterocycles. The number of fused-ring (bicyclic) bond motifs is 2. The van der Waals surface area contributed by atoms with Crippen molar-refractivity contribution in [3.05, 3.63) is 106 Å². The minimum absolute atomic E-state index is 0.0406. The molecule has 3 heteroatoms. The smallest absolute Gasteiger partial charge is 0.217 e. The first kappa shape index (κ1) is 22.6. The van der Waals surface area contributed by atoms with E-state index in [9.17, 15) is 0 Å². The number of aromatic nitrogens is 1. The molecule has 0 atom stereocenters. The van der Waals surface area contributed by atoms with E-state index >= 15 is 0 Å². The lowest BCUT2D eigenvalue weighted by Gasteiger charge is -2.24. The highest BCUT2D eigenvalue weighted by molar-refractivity contribution is 7.15. The Kier molecular flexibility index (Phi) is 5.69. The highest BCUT2D eigenvalue weighted by Crippen LogP contribution is 2.43. The van der Waals surface area contributed by atoms with Crippen molar-refractivity contribution in [3.8, 4) is 11.3 Å². The molecule has 2 nitrogen and oxygen atoms in total. The Balaban J connectivity index is 1.76. The highest BCUT2D eigenvalue weighted by Gasteiger charge is 2.21. The third kappa shape index (κ3) is 4.10. The van der Waals surface area contributed by atoms with Crippen molar-refractivity contribution in [3.63, 3.8) is 0 Å². The number of thiophene rings is 1. The number of pyridine rings is 1. The number of rotatable bonds is 3. The average molecular weight is 465 g/mol. The fourth-order valence-corrected chi connectivity index (χ4v) is 5.83. The van der Waals surface area contributed by atoms with Gasteiger partial charge in [0.2, 0.25) is 5.69 Å². The molecule has 0 saturated carbocycles. The maximum absolute atomic E-state index is 4.67. The van der Waals surface area contributed by atoms with Crippen LogP contribution < -0.4 is 9.46 Å². The van der Waals surface area contributed by atoms with E-state index in [0.717, 1.165) is 17.1 Å². The number of hydrogen-bond donors (Lipinski definition) is 0. The summed E-state index contributed by atoms with van der Waals surface area (Å²) in [6.07, 6.45) is 7.24. The standard InChI is InChI=1S/C31H32N2S/c1-20(2)15-24-19-34-30-29(24)26(11-13-32-30)22-12-14-33(6)28(18-22)23-16-21-9-7-8-10-25(21)27(17-23)31(3,4)5/h7-14,16-20H,6,15H2,1-5H3. The van der Waals surface area contributed by atoms with Gasteiger partial charge in [0, 0.05) is 17.7 Å². The minimum Gasteiger partial charge on any atom is -0.655 e. The molecule has 0 aliphatic carbocycles. The van der Waals surface area contributed by atoms with Gasteiger partial charge < -0.3 is 5.32 Å². The molecule has 1 aliphatic rings. The van der Waals surface area contributed by atoms with Crippen LogP contribution in [0.25, 0.3) is 32.9 Å². The molecule has 0 N–H and O–H groups in total. The van der Waals surface area contributed by atoms with Crippen molar-refractivity contribution in [2.45, 2.75) is 46.5 Å². The van der Waals surface area contributed by atoms with E-state index in [2.05, 4.69) is 113 Å². The van der Waals surface area contributed by atoms with Gasteiger partial charge >= 0.3 is 0 Å². The van der Waals surface area contributed by atoms with Crippen molar-refractivity contribution in [1.82, 2.24) is 0 Å². The Labute approximate surface area is 206 Å². The Hall–Kier alpha value is -3.17. The molecule has 0 radical (unpaired) electrons. The van der Waals surface area contributed by atoms with Gasteiger partial charge in [-0.05, 0) is 73.5 Å². The van der Waals surface area contributed by atoms with E-state index in [-0.39, 0.29) is 5.41 Å². The predicted octanol–water partition coefficient (Wildman–Crippen LogP) is 7.72. The van der Waals surface area contributed by atoms with Crippen molar-refractivity contribution in [2.24, 2.45) is 5.92 Å². The summed E-state index contributed by atoms with van der Waals surface area (Å²) >= 11 is 1.75. The summed E-state index contributed by atoms with van der Waals surface area (Å²) in [6.45, 7) is 15.7. The fraction of sp³-hybridized carbons (Fsp3) is 0.258. The monoisotopic (exact) mass is 464 g/mol. The van der Waals surface area contributed by atoms with Crippen LogP contribution in [-0.2, 0) is 11.8 Å². The summed E-state index contributed by atoms with van der Waals surface area (Å²) in [5.41, 5.74) is 7.64. The van der Waals surface area contributed by atoms with Crippen LogP contribution in [0.3, 0.4) is 0 Å². The van der Waals surface area contributed by atoms with Gasteiger partial charge in [-0.1, -0.05) is 70.0 Å². The van der Waals surface area contributed by atoms with E-state index in [4.69, 9.17) is 0 Å². The van der Waals surface area contributed by atoms with Gasteiger partial charge in [-0.3, -0.25) is 0 Å². The zero-order valence-electron chi connectivity index (χ0n) is 20.7. The molecule has 172 valence electrons. The first-order valence-electron chi connectivity index (χ1n) is 12.0. The molecular weight excluding hydrogens is 432 g/mol. The lowest BCUT2D eigenvalue weighted by molar-refractivity contribution is -0.486. The number of allylic oxidation sites excluding steroid dienone is 1. The van der Waals surface area contributed by atoms with E-state index in [1.807, 2.05) is 10.4 Å². The van der Waals surface area contributed by atoms with Crippen LogP contribution in [-0.4, -0.2) is 0 Å². The van der Waals surface area contributed by atoms with E-state index < -0.39 is 0 Å². The van der Waals surface area contributed by atoms with Crippen molar-refractivity contribution < 1.29 is 4.24 Å². The summed E-state index contributed by atoms with van der Waals surface area (Å²) in [6, 6.07) is 17.8. The Bertz CT molecular complexity index is 1530. The Morgan fingerprint density at radius 1 is 1.06 bits per heavy atom. The summed E-state index contributed by atoms with van der Waals surface area (Å²) in [5, 5.41) is 11.8. The molecule has 0 fully saturated rings. The number of hydrogen-bond acceptors (Lipinski definition) is 1. The topological polar surface area (TPSA) is 20.0 Å². The van der Waals surface area contributed by atoms with Gasteiger partial charge in [-0.15, -0.1) is 0 Å². The van der Waals surface area contributed by atoms with Crippen LogP contribution >= 0.6 is 11.3 Å². The van der Waals surface area contributed by atoms with Crippen molar-refractivity contribution in [2.75, 3.05) is 0 Å². The first-order chi connectivity index (χ1) is 16.2. The van der Waals surface area contributed by atoms with Gasteiger partial charge in [0.05, 0.1) is 0 Å². The summed E-state index contributed by atoms with van der Waals surface area (Å²) in [4.78, 5) is 0. The van der Waals surface area contributed by atoms with Crippen molar-refractivity contribution >= 4 is 32.7 Å². The summed E-state index contributed by atoms with van der Waals surface area (Å²) < 4.78 is 1.99. The van der Waals surface area contributed by atoms with Gasteiger partial charge in [-0.2, -0.15) is 21.8 Å². The molecule has 0 unspecified atom stereocenters. The zero-order valence-corrected chi connectivity index (χ0v) is 21.5. The highest BCUT2D eigenvalue weighted by atomic mass is 32.1.